The summed E-state index contributed by atoms with van der Waals surface area (Å²) >= 11 is -3.77. The average molecular weight is 644 g/mol. The Bertz CT molecular complexity index is 981. The van der Waals surface area contributed by atoms with Crippen LogP contribution in [0.25, 0.3) is 0 Å². The third-order valence-electron chi connectivity index (χ3n) is 7.58. The minimum Gasteiger partial charge on any atom is -0.147 e. The number of benzene rings is 1. The topological polar surface area (TPSA) is 0 Å². The Morgan fingerprint density at radius 2 is 1.06 bits per heavy atom. The van der Waals surface area contributed by atoms with Crippen LogP contribution in [0.5, 0.6) is 0 Å². The van der Waals surface area contributed by atoms with E-state index in [2.05, 4.69) is 109 Å². The fourth-order valence-electron chi connectivity index (χ4n) is 5.39. The molecule has 0 saturated heterocycles. The van der Waals surface area contributed by atoms with Crippen LogP contribution in [0, 0.1) is 10.8 Å². The molecule has 1 aromatic rings. The van der Waals surface area contributed by atoms with Crippen LogP contribution in [0.1, 0.15) is 68.2 Å². The molecule has 0 fully saturated rings. The zero-order valence-electron chi connectivity index (χ0n) is 21.0. The van der Waals surface area contributed by atoms with Crippen LogP contribution in [-0.2, 0) is 17.1 Å². The van der Waals surface area contributed by atoms with Crippen LogP contribution in [0.3, 0.4) is 0 Å². The second-order valence-corrected chi connectivity index (χ2v) is 47.2. The molecule has 1 aromatic carbocycles. The van der Waals surface area contributed by atoms with Gasteiger partial charge in [0.15, 0.2) is 0 Å². The first-order chi connectivity index (χ1) is 13.2. The van der Waals surface area contributed by atoms with Gasteiger partial charge in [0.2, 0.25) is 0 Å². The van der Waals surface area contributed by atoms with E-state index in [1.54, 1.807) is 32.3 Å². The second kappa shape index (κ2) is 9.24. The summed E-state index contributed by atoms with van der Waals surface area (Å²) in [5.74, 6) is 0. The second-order valence-electron chi connectivity index (χ2n) is 11.9. The molecule has 0 nitrogen and oxygen atoms in total. The van der Waals surface area contributed by atoms with Crippen molar-refractivity contribution in [2.45, 2.75) is 72.9 Å². The Kier molecular flexibility index (Phi) is 8.61. The van der Waals surface area contributed by atoms with E-state index in [0.717, 1.165) is 0 Å². The molecule has 3 rings (SSSR count). The minimum atomic E-state index is -3.77. The summed E-state index contributed by atoms with van der Waals surface area (Å²) in [6, 6.07) is 11.6. The molecule has 0 atom stereocenters. The predicted molar refractivity (Wildman–Crippen MR) is 145 cm³/mol. The fraction of sp³-hybridized carbons (Fsp3) is 0.481. The van der Waals surface area contributed by atoms with Crippen molar-refractivity contribution in [3.8, 4) is 0 Å². The van der Waals surface area contributed by atoms with Crippen molar-refractivity contribution in [1.29, 1.82) is 0 Å². The molecule has 0 spiro atoms. The zero-order valence-corrected chi connectivity index (χ0v) is 27.6. The van der Waals surface area contributed by atoms with E-state index < -0.39 is 17.1 Å². The van der Waals surface area contributed by atoms with Crippen LogP contribution in [0.2, 0.25) is 4.68 Å². The Balaban J connectivity index is 0.00000240. The number of allylic oxidation sites excluding steroid dienone is 8. The van der Waals surface area contributed by atoms with Gasteiger partial charge >= 0.3 is 183 Å². The van der Waals surface area contributed by atoms with E-state index in [9.17, 15) is 0 Å². The van der Waals surface area contributed by atoms with E-state index in [1.165, 1.54) is 12.8 Å². The normalized spacial score (nSPS) is 17.9. The smallest absolute Gasteiger partial charge is 0.147 e. The van der Waals surface area contributed by atoms with E-state index in [-0.39, 0.29) is 35.6 Å². The average Bonchev–Trinajstić information content (AvgIpc) is 3.19. The van der Waals surface area contributed by atoms with Crippen LogP contribution >= 0.6 is 24.8 Å². The molecule has 0 heterocycles. The first-order valence-electron chi connectivity index (χ1n) is 11.1. The zero-order chi connectivity index (χ0) is 21.9. The quantitative estimate of drug-likeness (QED) is 0.296. The van der Waals surface area contributed by atoms with Crippen molar-refractivity contribution < 1.29 is 17.1 Å². The van der Waals surface area contributed by atoms with Gasteiger partial charge in [-0.2, -0.15) is 0 Å². The molecule has 4 heteroatoms. The largest absolute Gasteiger partial charge is 0.147 e. The van der Waals surface area contributed by atoms with Gasteiger partial charge in [-0.25, -0.2) is 0 Å². The van der Waals surface area contributed by atoms with Crippen LogP contribution < -0.4 is 3.32 Å². The van der Waals surface area contributed by atoms with Crippen molar-refractivity contribution in [3.05, 3.63) is 71.4 Å². The maximum absolute atomic E-state index is 3.77. The summed E-state index contributed by atoms with van der Waals surface area (Å²) in [5.41, 5.74) is 6.80. The molecule has 0 aromatic heterocycles. The molecule has 0 aliphatic heterocycles. The molecule has 2 aliphatic rings. The number of rotatable bonds is 3. The Hall–Kier alpha value is -0.153. The molecule has 172 valence electrons. The monoisotopic (exact) mass is 644 g/mol. The SMILES string of the molecule is CC1=[C]([Hf]([CH3])(=[SiH2])([C]2=C(C)C=C(C(C)(C)C)C2)[c]2ccccc2)CC(C(C)(C)C)=C1.Cl.Cl. The van der Waals surface area contributed by atoms with Crippen LogP contribution in [0.15, 0.2) is 71.4 Å². The molecule has 0 saturated carbocycles. The molecular formula is C27H42Cl2HfSi. The van der Waals surface area contributed by atoms with Crippen molar-refractivity contribution in [2.75, 3.05) is 0 Å². The number of halogens is 2. The first kappa shape index (κ1) is 28.9. The summed E-state index contributed by atoms with van der Waals surface area (Å²) in [4.78, 5) is 0. The van der Waals surface area contributed by atoms with Gasteiger partial charge < -0.3 is 0 Å². The predicted octanol–water partition coefficient (Wildman–Crippen LogP) is 7.74. The molecule has 0 bridgehead atoms. The van der Waals surface area contributed by atoms with E-state index >= 15 is 0 Å². The molecule has 31 heavy (non-hydrogen) atoms. The third kappa shape index (κ3) is 5.03. The van der Waals surface area contributed by atoms with Crippen LogP contribution in [-0.4, -0.2) is 6.94 Å². The first-order valence-corrected chi connectivity index (χ1v) is 28.4. The van der Waals surface area contributed by atoms with Gasteiger partial charge in [0.1, 0.15) is 0 Å². The molecule has 0 amide bonds. The molecule has 0 N–H and O–H groups in total. The summed E-state index contributed by atoms with van der Waals surface area (Å²) in [7, 11) is 0. The summed E-state index contributed by atoms with van der Waals surface area (Å²) in [6.07, 6.45) is 7.38. The molecule has 0 unspecified atom stereocenters. The van der Waals surface area contributed by atoms with E-state index in [1.807, 2.05) is 0 Å². The number of hydrogen-bond donors (Lipinski definition) is 0. The van der Waals surface area contributed by atoms with Gasteiger partial charge in [-0.1, -0.05) is 0 Å². The van der Waals surface area contributed by atoms with Gasteiger partial charge in [0.05, 0.1) is 0 Å². The molecular weight excluding hydrogens is 602 g/mol. The molecule has 2 aliphatic carbocycles. The molecule has 0 radical (unpaired) electrons. The Morgan fingerprint density at radius 3 is 1.35 bits per heavy atom. The van der Waals surface area contributed by atoms with Gasteiger partial charge in [0, 0.05) is 0 Å². The van der Waals surface area contributed by atoms with Gasteiger partial charge in [-0.3, -0.25) is 0 Å². The van der Waals surface area contributed by atoms with Crippen molar-refractivity contribution in [2.24, 2.45) is 10.8 Å². The van der Waals surface area contributed by atoms with Gasteiger partial charge in [-0.15, -0.1) is 24.8 Å². The number of hydrogen-bond acceptors (Lipinski definition) is 0. The summed E-state index contributed by atoms with van der Waals surface area (Å²) in [5, 5.41) is 0. The van der Waals surface area contributed by atoms with E-state index in [0.29, 0.717) is 0 Å². The van der Waals surface area contributed by atoms with Crippen molar-refractivity contribution in [1.82, 2.24) is 0 Å². The van der Waals surface area contributed by atoms with Crippen molar-refractivity contribution >= 4 is 35.1 Å². The third-order valence-corrected chi connectivity index (χ3v) is 40.6. The minimum absolute atomic E-state index is 0. The Morgan fingerprint density at radius 1 is 0.710 bits per heavy atom. The van der Waals surface area contributed by atoms with E-state index in [4.69, 9.17) is 0 Å². The van der Waals surface area contributed by atoms with Gasteiger partial charge in [-0.05, 0) is 0 Å². The van der Waals surface area contributed by atoms with Gasteiger partial charge in [0.25, 0.3) is 0 Å². The summed E-state index contributed by atoms with van der Waals surface area (Å²) in [6.45, 7) is 21.4. The maximum Gasteiger partial charge on any atom is -0.147 e. The fourth-order valence-corrected chi connectivity index (χ4v) is 34.7. The van der Waals surface area contributed by atoms with Crippen LogP contribution in [0.4, 0.5) is 0 Å². The maximum atomic E-state index is 2.72. The summed E-state index contributed by atoms with van der Waals surface area (Å²) < 4.78 is 7.96. The standard InChI is InChI=1S/2C10H15.C6H5.CH3.2ClH.Hf.H2Si/c2*1-8-5-6-9(7-8)10(2,3)4;1-2-4-6-5-3-1;;;;;/h2*7H,6H2,1-4H3;1-5H;1H3;2*1H;;1H2. The van der Waals surface area contributed by atoms with Crippen molar-refractivity contribution in [3.63, 3.8) is 0 Å². The Labute approximate surface area is 206 Å².